The largest absolute Gasteiger partial charge is 0.391 e. The highest BCUT2D eigenvalue weighted by Crippen LogP contribution is 2.30. The number of halogens is 2. The predicted molar refractivity (Wildman–Crippen MR) is 102 cm³/mol. The molecule has 0 radical (unpaired) electrons. The van der Waals surface area contributed by atoms with Crippen molar-refractivity contribution in [1.82, 2.24) is 29.9 Å². The first kappa shape index (κ1) is 18.3. The second-order valence-electron chi connectivity index (χ2n) is 7.47. The number of hydrogen-bond acceptors (Lipinski definition) is 7. The standard InChI is InChI=1S/C19H21F2N7O/c20-19(21)11-4-5-16-23-9-14(28(16)26-11)12-8-17(25-10-24-12)27-7-6-22-18-13(27)2-1-3-15(18)29/h4-5,8-10,13,15,18-19,22,29H,1-3,6-7H2. The number of aliphatic hydroxyl groups excluding tert-OH is 1. The molecule has 2 fully saturated rings. The predicted octanol–water partition coefficient (Wildman–Crippen LogP) is 1.82. The maximum absolute atomic E-state index is 13.1. The third-order valence-electron chi connectivity index (χ3n) is 5.78. The number of fused-ring (bicyclic) bond motifs is 2. The van der Waals surface area contributed by atoms with Crippen molar-refractivity contribution < 1.29 is 13.9 Å². The minimum Gasteiger partial charge on any atom is -0.391 e. The van der Waals surface area contributed by atoms with Gasteiger partial charge in [-0.15, -0.1) is 0 Å². The first-order chi connectivity index (χ1) is 14.1. The fraction of sp³-hybridized carbons (Fsp3) is 0.474. The quantitative estimate of drug-likeness (QED) is 0.692. The highest BCUT2D eigenvalue weighted by molar-refractivity contribution is 5.62. The van der Waals surface area contributed by atoms with Gasteiger partial charge < -0.3 is 15.3 Å². The van der Waals surface area contributed by atoms with Crippen LogP contribution in [0.1, 0.15) is 31.4 Å². The van der Waals surface area contributed by atoms with Crippen molar-refractivity contribution in [3.8, 4) is 11.4 Å². The lowest BCUT2D eigenvalue weighted by Gasteiger charge is -2.47. The second-order valence-corrected chi connectivity index (χ2v) is 7.47. The maximum atomic E-state index is 13.1. The lowest BCUT2D eigenvalue weighted by atomic mass is 9.85. The van der Waals surface area contributed by atoms with E-state index in [1.165, 1.54) is 23.0 Å². The van der Waals surface area contributed by atoms with Crippen molar-refractivity contribution in [2.75, 3.05) is 18.0 Å². The summed E-state index contributed by atoms with van der Waals surface area (Å²) in [5, 5.41) is 17.8. The van der Waals surface area contributed by atoms with E-state index >= 15 is 0 Å². The summed E-state index contributed by atoms with van der Waals surface area (Å²) in [4.78, 5) is 15.2. The summed E-state index contributed by atoms with van der Waals surface area (Å²) in [7, 11) is 0. The number of nitrogens with one attached hydrogen (secondary N) is 1. The van der Waals surface area contributed by atoms with Gasteiger partial charge in [-0.05, 0) is 31.4 Å². The van der Waals surface area contributed by atoms with Crippen molar-refractivity contribution in [2.24, 2.45) is 0 Å². The Balaban J connectivity index is 1.52. The van der Waals surface area contributed by atoms with Gasteiger partial charge in [-0.1, -0.05) is 0 Å². The van der Waals surface area contributed by atoms with Crippen LogP contribution in [0.3, 0.4) is 0 Å². The van der Waals surface area contributed by atoms with Crippen LogP contribution in [-0.4, -0.2) is 60.9 Å². The molecule has 2 aliphatic rings. The minimum absolute atomic E-state index is 0.0157. The lowest BCUT2D eigenvalue weighted by molar-refractivity contribution is 0.0697. The Morgan fingerprint density at radius 3 is 2.93 bits per heavy atom. The van der Waals surface area contributed by atoms with Gasteiger partial charge in [0.05, 0.1) is 24.0 Å². The van der Waals surface area contributed by atoms with E-state index in [0.717, 1.165) is 38.2 Å². The van der Waals surface area contributed by atoms with Crippen molar-refractivity contribution in [2.45, 2.75) is 43.9 Å². The van der Waals surface area contributed by atoms with Crippen LogP contribution in [-0.2, 0) is 0 Å². The number of hydrogen-bond donors (Lipinski definition) is 2. The number of aliphatic hydroxyl groups is 1. The van der Waals surface area contributed by atoms with E-state index in [0.29, 0.717) is 17.0 Å². The Kier molecular flexibility index (Phi) is 4.59. The normalized spacial score (nSPS) is 24.8. The van der Waals surface area contributed by atoms with Crippen LogP contribution in [0.4, 0.5) is 14.6 Å². The van der Waals surface area contributed by atoms with Gasteiger partial charge in [-0.2, -0.15) is 5.10 Å². The van der Waals surface area contributed by atoms with Crippen molar-refractivity contribution in [3.63, 3.8) is 0 Å². The molecule has 8 nitrogen and oxygen atoms in total. The molecule has 0 amide bonds. The third-order valence-corrected chi connectivity index (χ3v) is 5.78. The van der Waals surface area contributed by atoms with E-state index in [1.807, 2.05) is 6.07 Å². The molecule has 3 atom stereocenters. The molecule has 1 aliphatic heterocycles. The second kappa shape index (κ2) is 7.27. The van der Waals surface area contributed by atoms with E-state index in [1.54, 1.807) is 6.20 Å². The smallest absolute Gasteiger partial charge is 0.282 e. The van der Waals surface area contributed by atoms with Gasteiger partial charge in [-0.3, -0.25) is 0 Å². The Bertz CT molecular complexity index is 1030. The van der Waals surface area contributed by atoms with E-state index in [4.69, 9.17) is 0 Å². The van der Waals surface area contributed by atoms with Crippen LogP contribution in [0.5, 0.6) is 0 Å². The van der Waals surface area contributed by atoms with Gasteiger partial charge in [0.15, 0.2) is 5.65 Å². The first-order valence-electron chi connectivity index (χ1n) is 9.75. The zero-order chi connectivity index (χ0) is 20.0. The molecule has 3 aromatic rings. The SMILES string of the molecule is OC1CCCC2C1NCCN2c1cc(-c2cnc3ccc(C(F)F)nn23)ncn1. The van der Waals surface area contributed by atoms with Crippen LogP contribution in [0.15, 0.2) is 30.7 Å². The molecule has 1 aliphatic carbocycles. The zero-order valence-electron chi connectivity index (χ0n) is 15.6. The van der Waals surface area contributed by atoms with Gasteiger partial charge in [0.2, 0.25) is 0 Å². The average Bonchev–Trinajstić information content (AvgIpc) is 3.17. The molecule has 152 valence electrons. The van der Waals surface area contributed by atoms with Crippen LogP contribution < -0.4 is 10.2 Å². The number of nitrogens with zero attached hydrogens (tertiary/aromatic N) is 6. The summed E-state index contributed by atoms with van der Waals surface area (Å²) in [5.41, 5.74) is 1.25. The molecule has 29 heavy (non-hydrogen) atoms. The molecular weight excluding hydrogens is 380 g/mol. The molecule has 0 spiro atoms. The van der Waals surface area contributed by atoms with Gasteiger partial charge in [0.25, 0.3) is 6.43 Å². The number of aromatic nitrogens is 5. The van der Waals surface area contributed by atoms with E-state index < -0.39 is 6.43 Å². The molecule has 2 N–H and O–H groups in total. The van der Waals surface area contributed by atoms with Crippen molar-refractivity contribution >= 4 is 11.5 Å². The summed E-state index contributed by atoms with van der Waals surface area (Å²) < 4.78 is 27.5. The topological polar surface area (TPSA) is 91.5 Å². The van der Waals surface area contributed by atoms with E-state index in [9.17, 15) is 13.9 Å². The third kappa shape index (κ3) is 3.22. The molecule has 1 saturated carbocycles. The number of anilines is 1. The van der Waals surface area contributed by atoms with Crippen LogP contribution >= 0.6 is 0 Å². The highest BCUT2D eigenvalue weighted by atomic mass is 19.3. The summed E-state index contributed by atoms with van der Waals surface area (Å²) in [5.74, 6) is 0.751. The van der Waals surface area contributed by atoms with Crippen LogP contribution in [0.25, 0.3) is 17.0 Å². The average molecular weight is 401 g/mol. The first-order valence-corrected chi connectivity index (χ1v) is 9.75. The van der Waals surface area contributed by atoms with Crippen molar-refractivity contribution in [3.05, 3.63) is 36.4 Å². The Hall–Kier alpha value is -2.72. The van der Waals surface area contributed by atoms with Crippen LogP contribution in [0.2, 0.25) is 0 Å². The molecule has 0 bridgehead atoms. The molecule has 10 heteroatoms. The summed E-state index contributed by atoms with van der Waals surface area (Å²) in [6.07, 6.45) is 2.76. The Labute approximate surface area is 165 Å². The summed E-state index contributed by atoms with van der Waals surface area (Å²) >= 11 is 0. The molecule has 3 unspecified atom stereocenters. The Morgan fingerprint density at radius 1 is 1.17 bits per heavy atom. The maximum Gasteiger partial charge on any atom is 0.282 e. The fourth-order valence-electron chi connectivity index (χ4n) is 4.40. The van der Waals surface area contributed by atoms with Gasteiger partial charge in [0, 0.05) is 25.2 Å². The van der Waals surface area contributed by atoms with E-state index in [2.05, 4.69) is 30.3 Å². The lowest BCUT2D eigenvalue weighted by Crippen LogP contribution is -2.64. The monoisotopic (exact) mass is 401 g/mol. The molecular formula is C19H21F2N7O. The van der Waals surface area contributed by atoms with Crippen molar-refractivity contribution in [1.29, 1.82) is 0 Å². The summed E-state index contributed by atoms with van der Waals surface area (Å²) in [6.45, 7) is 1.53. The highest BCUT2D eigenvalue weighted by Gasteiger charge is 2.38. The molecule has 1 saturated heterocycles. The number of piperazine rings is 1. The van der Waals surface area contributed by atoms with Gasteiger partial charge in [0.1, 0.15) is 23.5 Å². The van der Waals surface area contributed by atoms with Gasteiger partial charge in [-0.25, -0.2) is 28.2 Å². The fourth-order valence-corrected chi connectivity index (χ4v) is 4.40. The molecule has 3 aromatic heterocycles. The number of imidazole rings is 1. The summed E-state index contributed by atoms with van der Waals surface area (Å²) in [6, 6.07) is 4.80. The molecule has 4 heterocycles. The Morgan fingerprint density at radius 2 is 2.07 bits per heavy atom. The zero-order valence-corrected chi connectivity index (χ0v) is 15.6. The van der Waals surface area contributed by atoms with E-state index in [-0.39, 0.29) is 23.9 Å². The number of alkyl halides is 2. The molecule has 0 aromatic carbocycles. The van der Waals surface area contributed by atoms with Crippen LogP contribution in [0, 0.1) is 0 Å². The number of rotatable bonds is 3. The minimum atomic E-state index is -2.66. The van der Waals surface area contributed by atoms with Gasteiger partial charge >= 0.3 is 0 Å². The molecule has 5 rings (SSSR count).